The number of carboxylic acids is 1. The van der Waals surface area contributed by atoms with Crippen molar-refractivity contribution in [3.8, 4) is 0 Å². The Morgan fingerprint density at radius 3 is 3.11 bits per heavy atom. The first-order chi connectivity index (χ1) is 8.72. The lowest BCUT2D eigenvalue weighted by atomic mass is 10.1. The van der Waals surface area contributed by atoms with E-state index < -0.39 is 11.9 Å². The van der Waals surface area contributed by atoms with E-state index in [1.165, 1.54) is 0 Å². The first-order valence-electron chi connectivity index (χ1n) is 5.70. The van der Waals surface area contributed by atoms with Crippen molar-refractivity contribution in [2.24, 2.45) is 5.92 Å². The van der Waals surface area contributed by atoms with E-state index in [0.717, 1.165) is 11.5 Å². The van der Waals surface area contributed by atoms with Crippen LogP contribution >= 0.6 is 0 Å². The molecular weight excluding hydrogens is 232 g/mol. The Bertz CT molecular complexity index is 619. The quantitative estimate of drug-likeness (QED) is 0.792. The predicted octanol–water partition coefficient (Wildman–Crippen LogP) is 1.17. The van der Waals surface area contributed by atoms with Gasteiger partial charge in [0.2, 0.25) is 0 Å². The highest BCUT2D eigenvalue weighted by atomic mass is 16.4. The molecular formula is C12H12N4O2. The van der Waals surface area contributed by atoms with Gasteiger partial charge < -0.3 is 10.4 Å². The maximum atomic E-state index is 10.8. The van der Waals surface area contributed by atoms with Gasteiger partial charge in [-0.2, -0.15) is 5.10 Å². The average Bonchev–Trinajstić information content (AvgIpc) is 2.96. The Morgan fingerprint density at radius 2 is 2.33 bits per heavy atom. The molecule has 2 unspecified atom stereocenters. The number of carboxylic acid groups (broad SMARTS) is 1. The third-order valence-corrected chi connectivity index (χ3v) is 2.99. The van der Waals surface area contributed by atoms with Crippen molar-refractivity contribution < 1.29 is 9.90 Å². The van der Waals surface area contributed by atoms with Crippen LogP contribution in [0.5, 0.6) is 0 Å². The molecule has 0 spiro atoms. The van der Waals surface area contributed by atoms with Gasteiger partial charge in [0.15, 0.2) is 5.65 Å². The second-order valence-electron chi connectivity index (χ2n) is 4.26. The maximum Gasteiger partial charge on any atom is 0.310 e. The molecule has 2 N–H and O–H groups in total. The van der Waals surface area contributed by atoms with Crippen LogP contribution in [0, 0.1) is 5.92 Å². The molecule has 0 saturated carbocycles. The Balaban J connectivity index is 1.73. The van der Waals surface area contributed by atoms with Crippen molar-refractivity contribution in [2.75, 3.05) is 5.32 Å². The maximum absolute atomic E-state index is 10.8. The molecule has 0 aromatic carbocycles. The summed E-state index contributed by atoms with van der Waals surface area (Å²) < 4.78 is 1.68. The Hall–Kier alpha value is -2.37. The Morgan fingerprint density at radius 1 is 1.44 bits per heavy atom. The third kappa shape index (κ3) is 1.92. The minimum Gasteiger partial charge on any atom is -0.481 e. The molecule has 0 bridgehead atoms. The Labute approximate surface area is 103 Å². The third-order valence-electron chi connectivity index (χ3n) is 2.99. The molecule has 0 radical (unpaired) electrons. The highest BCUT2D eigenvalue weighted by Crippen LogP contribution is 2.21. The van der Waals surface area contributed by atoms with Crippen LogP contribution in [-0.4, -0.2) is 31.7 Å². The normalized spacial score (nSPS) is 22.4. The van der Waals surface area contributed by atoms with Gasteiger partial charge in [0.05, 0.1) is 12.1 Å². The number of fused-ring (bicyclic) bond motifs is 1. The first kappa shape index (κ1) is 10.8. The number of anilines is 1. The fourth-order valence-corrected chi connectivity index (χ4v) is 2.07. The summed E-state index contributed by atoms with van der Waals surface area (Å²) in [5.74, 6) is -0.459. The second-order valence-corrected chi connectivity index (χ2v) is 4.26. The van der Waals surface area contributed by atoms with Crippen molar-refractivity contribution in [1.29, 1.82) is 0 Å². The zero-order chi connectivity index (χ0) is 12.5. The van der Waals surface area contributed by atoms with E-state index in [1.807, 2.05) is 24.4 Å². The lowest BCUT2D eigenvalue weighted by molar-refractivity contribution is -0.140. The van der Waals surface area contributed by atoms with Gasteiger partial charge in [0.1, 0.15) is 5.82 Å². The van der Waals surface area contributed by atoms with Gasteiger partial charge in [-0.05, 0) is 12.5 Å². The minimum absolute atomic E-state index is 0.0176. The van der Waals surface area contributed by atoms with Gasteiger partial charge in [-0.3, -0.25) is 4.79 Å². The van der Waals surface area contributed by atoms with E-state index in [-0.39, 0.29) is 6.04 Å². The number of hydrogen-bond donors (Lipinski definition) is 2. The lowest BCUT2D eigenvalue weighted by Gasteiger charge is -2.12. The van der Waals surface area contributed by atoms with E-state index >= 15 is 0 Å². The van der Waals surface area contributed by atoms with Crippen molar-refractivity contribution >= 4 is 17.4 Å². The molecule has 18 heavy (non-hydrogen) atoms. The fourth-order valence-electron chi connectivity index (χ4n) is 2.07. The van der Waals surface area contributed by atoms with Crippen molar-refractivity contribution in [2.45, 2.75) is 12.5 Å². The van der Waals surface area contributed by atoms with Crippen molar-refractivity contribution in [3.63, 3.8) is 0 Å². The van der Waals surface area contributed by atoms with E-state index in [4.69, 9.17) is 5.11 Å². The van der Waals surface area contributed by atoms with Crippen molar-refractivity contribution in [1.82, 2.24) is 14.6 Å². The minimum atomic E-state index is -0.783. The molecule has 2 atom stereocenters. The number of rotatable bonds is 3. The number of hydrogen-bond acceptors (Lipinski definition) is 4. The summed E-state index contributed by atoms with van der Waals surface area (Å²) in [5, 5.41) is 16.2. The molecule has 2 aromatic rings. The van der Waals surface area contributed by atoms with Crippen LogP contribution in [0.4, 0.5) is 5.82 Å². The molecule has 0 aliphatic heterocycles. The second kappa shape index (κ2) is 4.14. The Kier molecular flexibility index (Phi) is 2.47. The van der Waals surface area contributed by atoms with Gasteiger partial charge in [0.25, 0.3) is 0 Å². The SMILES string of the molecule is O=C(O)C1C=CC(Nc2ccn3nccc3n2)C1. The number of aliphatic carboxylic acids is 1. The molecule has 1 aliphatic rings. The number of nitrogens with one attached hydrogen (secondary N) is 1. The molecule has 2 aromatic heterocycles. The molecule has 92 valence electrons. The van der Waals surface area contributed by atoms with Crippen LogP contribution in [0.15, 0.2) is 36.7 Å². The van der Waals surface area contributed by atoms with Gasteiger partial charge in [-0.25, -0.2) is 9.50 Å². The zero-order valence-electron chi connectivity index (χ0n) is 9.52. The number of aromatic nitrogens is 3. The fraction of sp³-hybridized carbons (Fsp3) is 0.250. The summed E-state index contributed by atoms with van der Waals surface area (Å²) in [6, 6.07) is 3.65. The van der Waals surface area contributed by atoms with Gasteiger partial charge in [-0.1, -0.05) is 12.2 Å². The molecule has 2 heterocycles. The zero-order valence-corrected chi connectivity index (χ0v) is 9.52. The van der Waals surface area contributed by atoms with Crippen LogP contribution < -0.4 is 5.32 Å². The highest BCUT2D eigenvalue weighted by molar-refractivity contribution is 5.73. The molecule has 6 nitrogen and oxygen atoms in total. The summed E-state index contributed by atoms with van der Waals surface area (Å²) in [7, 11) is 0. The summed E-state index contributed by atoms with van der Waals surface area (Å²) in [6.45, 7) is 0. The summed E-state index contributed by atoms with van der Waals surface area (Å²) in [6.07, 6.45) is 7.65. The predicted molar refractivity (Wildman–Crippen MR) is 65.3 cm³/mol. The smallest absolute Gasteiger partial charge is 0.310 e. The van der Waals surface area contributed by atoms with Crippen LogP contribution in [0.3, 0.4) is 0 Å². The first-order valence-corrected chi connectivity index (χ1v) is 5.70. The summed E-state index contributed by atoms with van der Waals surface area (Å²) in [5.41, 5.74) is 0.761. The number of nitrogens with zero attached hydrogens (tertiary/aromatic N) is 3. The van der Waals surface area contributed by atoms with Crippen LogP contribution in [0.2, 0.25) is 0 Å². The lowest BCUT2D eigenvalue weighted by Crippen LogP contribution is -2.19. The van der Waals surface area contributed by atoms with E-state index in [9.17, 15) is 4.79 Å². The van der Waals surface area contributed by atoms with E-state index in [2.05, 4.69) is 15.4 Å². The topological polar surface area (TPSA) is 79.5 Å². The standard InChI is InChI=1S/C12H12N4O2/c17-12(18)8-1-2-9(7-8)14-10-4-6-16-11(15-10)3-5-13-16/h1-6,8-9H,7H2,(H,14,15)(H,17,18). The van der Waals surface area contributed by atoms with Gasteiger partial charge >= 0.3 is 5.97 Å². The number of carbonyl (C=O) groups is 1. The molecule has 1 aliphatic carbocycles. The molecule has 6 heteroatoms. The largest absolute Gasteiger partial charge is 0.481 e. The van der Waals surface area contributed by atoms with Gasteiger partial charge in [-0.15, -0.1) is 0 Å². The van der Waals surface area contributed by atoms with Crippen LogP contribution in [0.1, 0.15) is 6.42 Å². The molecule has 3 rings (SSSR count). The van der Waals surface area contributed by atoms with Crippen LogP contribution in [-0.2, 0) is 4.79 Å². The summed E-state index contributed by atoms with van der Waals surface area (Å²) in [4.78, 5) is 15.2. The average molecular weight is 244 g/mol. The molecule has 0 amide bonds. The van der Waals surface area contributed by atoms with Gasteiger partial charge in [0, 0.05) is 18.3 Å². The highest BCUT2D eigenvalue weighted by Gasteiger charge is 2.24. The van der Waals surface area contributed by atoms with Crippen LogP contribution in [0.25, 0.3) is 5.65 Å². The monoisotopic (exact) mass is 244 g/mol. The summed E-state index contributed by atoms with van der Waals surface area (Å²) >= 11 is 0. The van der Waals surface area contributed by atoms with Crippen molar-refractivity contribution in [3.05, 3.63) is 36.7 Å². The molecule has 0 saturated heterocycles. The van der Waals surface area contributed by atoms with E-state index in [1.54, 1.807) is 16.8 Å². The van der Waals surface area contributed by atoms with E-state index in [0.29, 0.717) is 6.42 Å². The molecule has 0 fully saturated rings.